The largest absolute Gasteiger partial charge is 0.330 e. The van der Waals surface area contributed by atoms with Gasteiger partial charge in [0.25, 0.3) is 5.91 Å². The molecule has 2 unspecified atom stereocenters. The molecule has 9 heteroatoms. The van der Waals surface area contributed by atoms with Gasteiger partial charge >= 0.3 is 0 Å². The van der Waals surface area contributed by atoms with Gasteiger partial charge in [-0.05, 0) is 67.1 Å². The predicted octanol–water partition coefficient (Wildman–Crippen LogP) is 6.79. The minimum absolute atomic E-state index is 0.0114. The van der Waals surface area contributed by atoms with E-state index in [2.05, 4.69) is 17.2 Å². The number of amides is 2. The molecule has 172 valence electrons. The monoisotopic (exact) mass is 526 g/mol. The van der Waals surface area contributed by atoms with Gasteiger partial charge in [-0.3, -0.25) is 9.59 Å². The number of halogens is 5. The van der Waals surface area contributed by atoms with E-state index >= 15 is 0 Å². The van der Waals surface area contributed by atoms with Gasteiger partial charge in [0.2, 0.25) is 5.91 Å². The molecule has 1 aliphatic carbocycles. The molecule has 2 N–H and O–H groups in total. The van der Waals surface area contributed by atoms with E-state index in [1.807, 2.05) is 0 Å². The molecule has 0 aliphatic heterocycles. The van der Waals surface area contributed by atoms with E-state index in [1.54, 1.807) is 31.2 Å². The van der Waals surface area contributed by atoms with Crippen LogP contribution in [0.15, 0.2) is 77.5 Å². The van der Waals surface area contributed by atoms with Crippen molar-refractivity contribution in [2.75, 3.05) is 5.32 Å². The second-order valence-electron chi connectivity index (χ2n) is 7.49. The lowest BCUT2D eigenvalue weighted by Crippen LogP contribution is -2.24. The first-order valence-corrected chi connectivity index (χ1v) is 11.3. The molecule has 2 aromatic carbocycles. The van der Waals surface area contributed by atoms with Crippen LogP contribution >= 0.6 is 46.4 Å². The highest BCUT2D eigenvalue weighted by molar-refractivity contribution is 6.36. The molecular weight excluding hydrogens is 509 g/mol. The third-order valence-corrected chi connectivity index (χ3v) is 6.30. The van der Waals surface area contributed by atoms with Crippen LogP contribution in [0.2, 0.25) is 10.0 Å². The predicted molar refractivity (Wildman–Crippen MR) is 132 cm³/mol. The van der Waals surface area contributed by atoms with Gasteiger partial charge in [-0.25, -0.2) is 4.39 Å². The maximum atomic E-state index is 13.0. The zero-order valence-corrected chi connectivity index (χ0v) is 20.4. The summed E-state index contributed by atoms with van der Waals surface area (Å²) in [5, 5.41) is 6.01. The topological polar surface area (TPSA) is 58.2 Å². The third-order valence-electron chi connectivity index (χ3n) is 4.97. The van der Waals surface area contributed by atoms with Gasteiger partial charge in [0.1, 0.15) is 5.82 Å². The molecule has 0 aromatic heterocycles. The fourth-order valence-corrected chi connectivity index (χ4v) is 4.39. The average Bonchev–Trinajstić information content (AvgIpc) is 3.43. The highest BCUT2D eigenvalue weighted by Crippen LogP contribution is 2.52. The minimum Gasteiger partial charge on any atom is -0.330 e. The molecule has 3 rings (SSSR count). The molecule has 1 fully saturated rings. The van der Waals surface area contributed by atoms with Crippen LogP contribution in [-0.4, -0.2) is 17.2 Å². The van der Waals surface area contributed by atoms with Crippen molar-refractivity contribution in [1.82, 2.24) is 5.32 Å². The van der Waals surface area contributed by atoms with Crippen molar-refractivity contribution in [3.05, 3.63) is 98.9 Å². The van der Waals surface area contributed by atoms with Crippen molar-refractivity contribution in [3.8, 4) is 0 Å². The van der Waals surface area contributed by atoms with E-state index in [0.717, 1.165) is 5.56 Å². The summed E-state index contributed by atoms with van der Waals surface area (Å²) in [6.07, 6.45) is 3.00. The lowest BCUT2D eigenvalue weighted by molar-refractivity contribution is -0.121. The number of carbonyl (C=O) groups is 2. The number of nitrogens with one attached hydrogen (secondary N) is 2. The Kier molecular flexibility index (Phi) is 8.24. The maximum Gasteiger partial charge on any atom is 0.256 e. The summed E-state index contributed by atoms with van der Waals surface area (Å²) in [4.78, 5) is 24.9. The van der Waals surface area contributed by atoms with Gasteiger partial charge in [0, 0.05) is 27.3 Å². The zero-order chi connectivity index (χ0) is 24.3. The molecule has 3 atom stereocenters. The molecule has 2 amide bonds. The number of rotatable bonds is 7. The van der Waals surface area contributed by atoms with Crippen molar-refractivity contribution in [3.63, 3.8) is 0 Å². The standard InChI is InChI=1S/C24H19Cl4FN2O2/c1-12(3-8-19(27)13(2)23(32)31-18-6-4-17(29)5-7-18)30-24(33)21-20(22(21)28)14-9-15(25)11-16(26)10-14/h3-11,20-22H,2H2,1H3,(H,30,33)(H,31,32)/b12-3+,19-8+/t20?,21?,22-/m1/s1. The number of hydrogen-bond donors (Lipinski definition) is 2. The number of anilines is 1. The lowest BCUT2D eigenvalue weighted by atomic mass is 10.1. The Morgan fingerprint density at radius 3 is 2.27 bits per heavy atom. The van der Waals surface area contributed by atoms with Crippen LogP contribution in [0.1, 0.15) is 18.4 Å². The Balaban J connectivity index is 1.58. The van der Waals surface area contributed by atoms with Gasteiger partial charge in [0.15, 0.2) is 0 Å². The Hall–Kier alpha value is -2.31. The van der Waals surface area contributed by atoms with Crippen molar-refractivity contribution in [1.29, 1.82) is 0 Å². The van der Waals surface area contributed by atoms with Crippen LogP contribution in [0, 0.1) is 11.7 Å². The van der Waals surface area contributed by atoms with Crippen LogP contribution < -0.4 is 10.6 Å². The van der Waals surface area contributed by atoms with Gasteiger partial charge in [-0.2, -0.15) is 0 Å². The van der Waals surface area contributed by atoms with Crippen LogP contribution in [0.4, 0.5) is 10.1 Å². The fraction of sp³-hybridized carbons (Fsp3) is 0.167. The quantitative estimate of drug-likeness (QED) is 0.236. The third kappa shape index (κ3) is 6.61. The van der Waals surface area contributed by atoms with Crippen molar-refractivity contribution < 1.29 is 14.0 Å². The van der Waals surface area contributed by atoms with Crippen LogP contribution in [0.3, 0.4) is 0 Å². The van der Waals surface area contributed by atoms with E-state index < -0.39 is 17.6 Å². The van der Waals surface area contributed by atoms with E-state index in [-0.39, 0.29) is 27.8 Å². The van der Waals surface area contributed by atoms with E-state index in [9.17, 15) is 14.0 Å². The average molecular weight is 528 g/mol. The Labute approximate surface area is 211 Å². The molecule has 1 aliphatic rings. The Bertz CT molecular complexity index is 1140. The second kappa shape index (κ2) is 10.7. The molecule has 0 saturated heterocycles. The summed E-state index contributed by atoms with van der Waals surface area (Å²) in [5.41, 5.74) is 1.73. The van der Waals surface area contributed by atoms with E-state index in [0.29, 0.717) is 21.4 Å². The number of benzene rings is 2. The normalized spacial score (nSPS) is 20.2. The first-order chi connectivity index (χ1) is 15.6. The van der Waals surface area contributed by atoms with Gasteiger partial charge in [-0.15, -0.1) is 11.6 Å². The van der Waals surface area contributed by atoms with Crippen molar-refractivity contribution in [2.24, 2.45) is 5.92 Å². The van der Waals surface area contributed by atoms with Gasteiger partial charge in [0.05, 0.1) is 21.9 Å². The van der Waals surface area contributed by atoms with Crippen LogP contribution in [-0.2, 0) is 9.59 Å². The molecule has 2 aromatic rings. The Morgan fingerprint density at radius 2 is 1.67 bits per heavy atom. The fourth-order valence-electron chi connectivity index (χ4n) is 3.21. The number of carbonyl (C=O) groups excluding carboxylic acids is 2. The van der Waals surface area contributed by atoms with Crippen molar-refractivity contribution in [2.45, 2.75) is 18.2 Å². The molecule has 33 heavy (non-hydrogen) atoms. The minimum atomic E-state index is -0.538. The van der Waals surface area contributed by atoms with Gasteiger partial charge < -0.3 is 10.6 Å². The number of alkyl halides is 1. The summed E-state index contributed by atoms with van der Waals surface area (Å²) in [7, 11) is 0. The SMILES string of the molecule is C=C(C(=O)Nc1ccc(F)cc1)/C(Cl)=C\C=C(/C)NC(=O)C1C(c2cc(Cl)cc(Cl)c2)[C@H]1Cl. The number of allylic oxidation sites excluding steroid dienone is 3. The summed E-state index contributed by atoms with van der Waals surface area (Å²) in [5.74, 6) is -1.82. The molecule has 4 nitrogen and oxygen atoms in total. The highest BCUT2D eigenvalue weighted by Gasteiger charge is 2.54. The number of hydrogen-bond acceptors (Lipinski definition) is 2. The summed E-state index contributed by atoms with van der Waals surface area (Å²) < 4.78 is 13.0. The molecule has 0 radical (unpaired) electrons. The van der Waals surface area contributed by atoms with E-state index in [1.165, 1.54) is 30.3 Å². The first-order valence-electron chi connectivity index (χ1n) is 9.78. The lowest BCUT2D eigenvalue weighted by Gasteiger charge is -2.07. The van der Waals surface area contributed by atoms with Crippen LogP contribution in [0.5, 0.6) is 0 Å². The molecular formula is C24H19Cl4FN2O2. The zero-order valence-electron chi connectivity index (χ0n) is 17.3. The molecule has 1 saturated carbocycles. The van der Waals surface area contributed by atoms with Crippen LogP contribution in [0.25, 0.3) is 0 Å². The molecule has 0 heterocycles. The van der Waals surface area contributed by atoms with Crippen molar-refractivity contribution >= 4 is 63.9 Å². The maximum absolute atomic E-state index is 13.0. The smallest absolute Gasteiger partial charge is 0.256 e. The summed E-state index contributed by atoms with van der Waals surface area (Å²) in [6.45, 7) is 5.35. The van der Waals surface area contributed by atoms with Gasteiger partial charge in [-0.1, -0.05) is 41.4 Å². The first kappa shape index (κ1) is 25.3. The summed E-state index contributed by atoms with van der Waals surface area (Å²) >= 11 is 24.6. The molecule has 0 bridgehead atoms. The summed E-state index contributed by atoms with van der Waals surface area (Å²) in [6, 6.07) is 10.4. The van der Waals surface area contributed by atoms with E-state index in [4.69, 9.17) is 46.4 Å². The highest BCUT2D eigenvalue weighted by atomic mass is 35.5. The molecule has 0 spiro atoms. The Morgan fingerprint density at radius 1 is 1.06 bits per heavy atom. The second-order valence-corrected chi connectivity index (χ2v) is 9.28.